The molecule has 0 radical (unpaired) electrons. The van der Waals surface area contributed by atoms with Crippen molar-refractivity contribution < 1.29 is 14.3 Å². The molecule has 1 saturated carbocycles. The van der Waals surface area contributed by atoms with Crippen molar-refractivity contribution in [3.8, 4) is 0 Å². The molecule has 1 aliphatic carbocycles. The molecule has 3 N–H and O–H groups in total. The van der Waals surface area contributed by atoms with E-state index in [-0.39, 0.29) is 38.5 Å². The van der Waals surface area contributed by atoms with Crippen LogP contribution < -0.4 is 11.1 Å². The molecule has 4 atom stereocenters. The first kappa shape index (κ1) is 21.1. The summed E-state index contributed by atoms with van der Waals surface area (Å²) in [6.07, 6.45) is 2.11. The molecule has 9 heteroatoms. The number of nitrogens with two attached hydrogens (primary N) is 1. The Morgan fingerprint density at radius 1 is 1.23 bits per heavy atom. The van der Waals surface area contributed by atoms with Gasteiger partial charge in [-0.25, -0.2) is 9.78 Å². The van der Waals surface area contributed by atoms with Crippen molar-refractivity contribution >= 4 is 52.4 Å². The average molecular weight is 423 g/mol. The minimum Gasteiger partial charge on any atom is -0.448 e. The third-order valence-electron chi connectivity index (χ3n) is 4.95. The lowest BCUT2D eigenvalue weighted by Gasteiger charge is -2.35. The molecule has 0 aromatic carbocycles. The molecule has 1 aliphatic rings. The molecule has 1 aromatic rings. The number of amides is 1. The molecule has 2 rings (SSSR count). The van der Waals surface area contributed by atoms with E-state index in [1.54, 1.807) is 0 Å². The molecule has 0 aliphatic heterocycles. The van der Waals surface area contributed by atoms with E-state index >= 15 is 0 Å². The minimum atomic E-state index is -1.01. The molecular weight excluding hydrogens is 401 g/mol. The number of pyridine rings is 1. The minimum absolute atomic E-state index is 0.0422. The number of nitrogen functional groups attached to an aromatic ring is 1. The smallest absolute Gasteiger partial charge is 0.359 e. The number of rotatable bonds is 4. The highest BCUT2D eigenvalue weighted by Crippen LogP contribution is 2.34. The van der Waals surface area contributed by atoms with Crippen LogP contribution in [0, 0.1) is 11.8 Å². The van der Waals surface area contributed by atoms with Gasteiger partial charge in [-0.05, 0) is 25.2 Å². The lowest BCUT2D eigenvalue weighted by molar-refractivity contribution is -0.130. The number of nitrogens with one attached hydrogen (secondary N) is 1. The first-order chi connectivity index (χ1) is 12.1. The molecule has 6 nitrogen and oxygen atoms in total. The second-order valence-corrected chi connectivity index (χ2v) is 7.84. The maximum Gasteiger partial charge on any atom is 0.359 e. The number of nitrogens with zero attached hydrogens (tertiary/aromatic N) is 1. The van der Waals surface area contributed by atoms with E-state index in [0.717, 1.165) is 19.3 Å². The highest BCUT2D eigenvalue weighted by Gasteiger charge is 2.31. The molecule has 1 aromatic heterocycles. The standard InChI is InChI=1S/C17H22Cl3N3O3/c1-7-5-4-6-10(8(7)2)22-16(24)9(3)26-17(25)14-11(18)13(21)12(19)15(20)23-14/h7-10H,4-6H2,1-3H3,(H2,21,23)(H,22,24)/t7-,8-,9-,10+/m0/s1. The summed E-state index contributed by atoms with van der Waals surface area (Å²) in [6.45, 7) is 5.78. The van der Waals surface area contributed by atoms with Gasteiger partial charge in [-0.1, -0.05) is 61.5 Å². The highest BCUT2D eigenvalue weighted by molar-refractivity contribution is 6.46. The summed E-state index contributed by atoms with van der Waals surface area (Å²) in [5, 5.41) is 2.59. The van der Waals surface area contributed by atoms with E-state index in [1.165, 1.54) is 6.92 Å². The second-order valence-electron chi connectivity index (χ2n) is 6.72. The van der Waals surface area contributed by atoms with Crippen LogP contribution in [0.25, 0.3) is 0 Å². The fraction of sp³-hybridized carbons (Fsp3) is 0.588. The van der Waals surface area contributed by atoms with Crippen LogP contribution in [0.1, 0.15) is 50.5 Å². The molecule has 26 heavy (non-hydrogen) atoms. The normalized spacial score (nSPS) is 24.0. The van der Waals surface area contributed by atoms with E-state index in [9.17, 15) is 9.59 Å². The van der Waals surface area contributed by atoms with E-state index in [4.69, 9.17) is 45.3 Å². The van der Waals surface area contributed by atoms with Crippen molar-refractivity contribution in [1.29, 1.82) is 0 Å². The quantitative estimate of drug-likeness (QED) is 0.562. The van der Waals surface area contributed by atoms with Gasteiger partial charge in [0.15, 0.2) is 17.0 Å². The molecule has 0 bridgehead atoms. The number of hydrogen-bond donors (Lipinski definition) is 2. The lowest BCUT2D eigenvalue weighted by Crippen LogP contribution is -2.47. The van der Waals surface area contributed by atoms with Crippen LogP contribution in [0.15, 0.2) is 0 Å². The van der Waals surface area contributed by atoms with Crippen LogP contribution in [0.2, 0.25) is 15.2 Å². The summed E-state index contributed by atoms with van der Waals surface area (Å²) in [4.78, 5) is 28.5. The van der Waals surface area contributed by atoms with Crippen molar-refractivity contribution in [2.45, 2.75) is 52.2 Å². The number of esters is 1. The van der Waals surface area contributed by atoms with Gasteiger partial charge in [0.25, 0.3) is 5.91 Å². The topological polar surface area (TPSA) is 94.3 Å². The van der Waals surface area contributed by atoms with Crippen molar-refractivity contribution in [2.24, 2.45) is 11.8 Å². The number of anilines is 1. The average Bonchev–Trinajstić information content (AvgIpc) is 2.59. The van der Waals surface area contributed by atoms with Crippen LogP contribution in [0.3, 0.4) is 0 Å². The predicted molar refractivity (Wildman–Crippen MR) is 103 cm³/mol. The molecule has 1 heterocycles. The second kappa shape index (κ2) is 8.63. The van der Waals surface area contributed by atoms with Gasteiger partial charge in [0, 0.05) is 6.04 Å². The Bertz CT molecular complexity index is 714. The van der Waals surface area contributed by atoms with E-state index in [2.05, 4.69) is 24.1 Å². The largest absolute Gasteiger partial charge is 0.448 e. The summed E-state index contributed by atoms with van der Waals surface area (Å²) >= 11 is 17.6. The van der Waals surface area contributed by atoms with Gasteiger partial charge in [-0.2, -0.15) is 0 Å². The van der Waals surface area contributed by atoms with Crippen molar-refractivity contribution in [3.05, 3.63) is 20.9 Å². The van der Waals surface area contributed by atoms with Gasteiger partial charge in [0.2, 0.25) is 0 Å². The van der Waals surface area contributed by atoms with Gasteiger partial charge in [0.1, 0.15) is 5.02 Å². The van der Waals surface area contributed by atoms with Crippen LogP contribution >= 0.6 is 34.8 Å². The Balaban J connectivity index is 2.04. The number of hydrogen-bond acceptors (Lipinski definition) is 5. The van der Waals surface area contributed by atoms with Gasteiger partial charge < -0.3 is 15.8 Å². The summed E-state index contributed by atoms with van der Waals surface area (Å²) in [5.41, 5.74) is 5.34. The fourth-order valence-electron chi connectivity index (χ4n) is 3.02. The predicted octanol–water partition coefficient (Wildman–Crippen LogP) is 4.11. The maximum absolute atomic E-state index is 12.4. The lowest BCUT2D eigenvalue weighted by atomic mass is 9.78. The van der Waals surface area contributed by atoms with Crippen LogP contribution in [0.4, 0.5) is 5.69 Å². The van der Waals surface area contributed by atoms with Crippen molar-refractivity contribution in [1.82, 2.24) is 10.3 Å². The van der Waals surface area contributed by atoms with Crippen molar-refractivity contribution in [3.63, 3.8) is 0 Å². The van der Waals surface area contributed by atoms with Crippen LogP contribution in [-0.2, 0) is 9.53 Å². The molecule has 1 fully saturated rings. The highest BCUT2D eigenvalue weighted by atomic mass is 35.5. The summed E-state index contributed by atoms with van der Waals surface area (Å²) in [7, 11) is 0. The number of carbonyl (C=O) groups excluding carboxylic acids is 2. The molecule has 0 saturated heterocycles. The Morgan fingerprint density at radius 2 is 1.88 bits per heavy atom. The summed E-state index contributed by atoms with van der Waals surface area (Å²) in [6, 6.07) is 0.0646. The molecule has 0 spiro atoms. The zero-order valence-corrected chi connectivity index (χ0v) is 17.1. The molecule has 1 amide bonds. The SMILES string of the molecule is C[C@H]1[C@@H](C)CCC[C@H]1NC(=O)[C@H](C)OC(=O)c1nc(Cl)c(Cl)c(N)c1Cl. The first-order valence-corrected chi connectivity index (χ1v) is 9.58. The zero-order chi connectivity index (χ0) is 19.6. The Morgan fingerprint density at radius 3 is 2.54 bits per heavy atom. The van der Waals surface area contributed by atoms with E-state index in [1.807, 2.05) is 0 Å². The number of carbonyl (C=O) groups is 2. The van der Waals surface area contributed by atoms with E-state index in [0.29, 0.717) is 11.8 Å². The Kier molecular flexibility index (Phi) is 6.99. The Hall–Kier alpha value is -1.24. The van der Waals surface area contributed by atoms with Gasteiger partial charge in [-0.15, -0.1) is 0 Å². The fourth-order valence-corrected chi connectivity index (χ4v) is 3.61. The van der Waals surface area contributed by atoms with Gasteiger partial charge in [0.05, 0.1) is 10.7 Å². The van der Waals surface area contributed by atoms with Gasteiger partial charge in [-0.3, -0.25) is 4.79 Å². The van der Waals surface area contributed by atoms with Crippen LogP contribution in [-0.4, -0.2) is 29.0 Å². The zero-order valence-electron chi connectivity index (χ0n) is 14.8. The molecule has 144 valence electrons. The number of aromatic nitrogens is 1. The Labute approximate surface area is 167 Å². The van der Waals surface area contributed by atoms with Gasteiger partial charge >= 0.3 is 5.97 Å². The number of halogens is 3. The first-order valence-electron chi connectivity index (χ1n) is 8.44. The summed E-state index contributed by atoms with van der Waals surface area (Å²) in [5.74, 6) is -0.364. The molecule has 0 unspecified atom stereocenters. The van der Waals surface area contributed by atoms with E-state index < -0.39 is 12.1 Å². The monoisotopic (exact) mass is 421 g/mol. The molecular formula is C17H22Cl3N3O3. The number of ether oxygens (including phenoxy) is 1. The van der Waals surface area contributed by atoms with Crippen LogP contribution in [0.5, 0.6) is 0 Å². The van der Waals surface area contributed by atoms with Crippen molar-refractivity contribution in [2.75, 3.05) is 5.73 Å². The summed E-state index contributed by atoms with van der Waals surface area (Å²) < 4.78 is 5.18. The third-order valence-corrected chi connectivity index (χ3v) is 6.09. The maximum atomic E-state index is 12.4. The third kappa shape index (κ3) is 4.53.